The Hall–Kier alpha value is -1.52. The van der Waals surface area contributed by atoms with Crippen LogP contribution in [-0.4, -0.2) is 18.1 Å². The fraction of sp³-hybridized carbons (Fsp3) is 0.333. The molecule has 112 valence electrons. The minimum atomic E-state index is -0.557. The number of methoxy groups -OCH3 is 1. The molecule has 4 nitrogen and oxygen atoms in total. The average Bonchev–Trinajstić information content (AvgIpc) is 2.86. The van der Waals surface area contributed by atoms with Crippen molar-refractivity contribution in [2.24, 2.45) is 0 Å². The van der Waals surface area contributed by atoms with E-state index in [-0.39, 0.29) is 11.2 Å². The van der Waals surface area contributed by atoms with Crippen LogP contribution in [0, 0.1) is 0 Å². The van der Waals surface area contributed by atoms with Crippen LogP contribution in [0.1, 0.15) is 37.0 Å². The highest BCUT2D eigenvalue weighted by Gasteiger charge is 2.30. The summed E-state index contributed by atoms with van der Waals surface area (Å²) in [5, 5.41) is 0.834. The van der Waals surface area contributed by atoms with Gasteiger partial charge in [-0.2, -0.15) is 0 Å². The van der Waals surface area contributed by atoms with Crippen LogP contribution < -0.4 is 0 Å². The molecule has 6 heteroatoms. The Morgan fingerprint density at radius 2 is 1.90 bits per heavy atom. The molecule has 0 aliphatic heterocycles. The molecule has 0 unspecified atom stereocenters. The van der Waals surface area contributed by atoms with E-state index in [0.29, 0.717) is 27.2 Å². The lowest BCUT2D eigenvalue weighted by atomic mass is 9.91. The van der Waals surface area contributed by atoms with Crippen LogP contribution in [0.2, 0.25) is 10.0 Å². The zero-order valence-corrected chi connectivity index (χ0v) is 13.7. The first-order valence-electron chi connectivity index (χ1n) is 6.29. The standard InChI is InChI=1S/C15H15Cl2NO3/c1-15(2,3)12-11(14(19)20-4)21-13(18-12)8-5-6-9(16)10(17)7-8/h5-7H,1-4H3. The van der Waals surface area contributed by atoms with E-state index in [1.807, 2.05) is 20.8 Å². The molecule has 1 aromatic heterocycles. The first-order valence-corrected chi connectivity index (χ1v) is 7.04. The number of nitrogens with zero attached hydrogens (tertiary/aromatic N) is 1. The number of hydrogen-bond acceptors (Lipinski definition) is 4. The number of benzene rings is 1. The lowest BCUT2D eigenvalue weighted by Crippen LogP contribution is -2.17. The zero-order chi connectivity index (χ0) is 15.8. The van der Waals surface area contributed by atoms with Crippen molar-refractivity contribution in [3.63, 3.8) is 0 Å². The van der Waals surface area contributed by atoms with Crippen LogP contribution in [0.25, 0.3) is 11.5 Å². The van der Waals surface area contributed by atoms with E-state index in [1.54, 1.807) is 18.2 Å². The van der Waals surface area contributed by atoms with Gasteiger partial charge in [-0.3, -0.25) is 0 Å². The summed E-state index contributed by atoms with van der Waals surface area (Å²) in [6.45, 7) is 5.82. The van der Waals surface area contributed by atoms with Crippen molar-refractivity contribution in [1.29, 1.82) is 0 Å². The van der Waals surface area contributed by atoms with Crippen molar-refractivity contribution in [3.05, 3.63) is 39.7 Å². The van der Waals surface area contributed by atoms with Gasteiger partial charge in [0.25, 0.3) is 0 Å². The van der Waals surface area contributed by atoms with Crippen molar-refractivity contribution in [1.82, 2.24) is 4.98 Å². The second-order valence-corrected chi connectivity index (χ2v) is 6.38. The van der Waals surface area contributed by atoms with Gasteiger partial charge in [0.15, 0.2) is 0 Å². The molecule has 1 heterocycles. The third-order valence-corrected chi connectivity index (χ3v) is 3.61. The summed E-state index contributed by atoms with van der Waals surface area (Å²) in [5.74, 6) is -0.149. The fourth-order valence-corrected chi connectivity index (χ4v) is 2.11. The predicted molar refractivity (Wildman–Crippen MR) is 82.0 cm³/mol. The second-order valence-electron chi connectivity index (χ2n) is 5.57. The first-order chi connectivity index (χ1) is 9.74. The monoisotopic (exact) mass is 327 g/mol. The average molecular weight is 328 g/mol. The lowest BCUT2D eigenvalue weighted by molar-refractivity contribution is 0.0562. The van der Waals surface area contributed by atoms with E-state index in [1.165, 1.54) is 7.11 Å². The summed E-state index contributed by atoms with van der Waals surface area (Å²) in [5.41, 5.74) is 0.821. The molecule has 0 radical (unpaired) electrons. The summed E-state index contributed by atoms with van der Waals surface area (Å²) in [4.78, 5) is 16.3. The SMILES string of the molecule is COC(=O)c1oc(-c2ccc(Cl)c(Cl)c2)nc1C(C)(C)C. The normalized spacial score (nSPS) is 11.5. The minimum absolute atomic E-state index is 0.103. The summed E-state index contributed by atoms with van der Waals surface area (Å²) >= 11 is 11.9. The molecule has 0 N–H and O–H groups in total. The zero-order valence-electron chi connectivity index (χ0n) is 12.2. The van der Waals surface area contributed by atoms with Gasteiger partial charge in [0, 0.05) is 11.0 Å². The van der Waals surface area contributed by atoms with Crippen molar-refractivity contribution < 1.29 is 13.9 Å². The maximum Gasteiger partial charge on any atom is 0.376 e. The number of oxazole rings is 1. The van der Waals surface area contributed by atoms with Crippen LogP contribution in [0.4, 0.5) is 0 Å². The van der Waals surface area contributed by atoms with E-state index < -0.39 is 5.97 Å². The lowest BCUT2D eigenvalue weighted by Gasteiger charge is -2.15. The maximum atomic E-state index is 11.8. The van der Waals surface area contributed by atoms with Gasteiger partial charge in [0.1, 0.15) is 5.69 Å². The summed E-state index contributed by atoms with van der Waals surface area (Å²) < 4.78 is 10.3. The highest BCUT2D eigenvalue weighted by Crippen LogP contribution is 2.33. The molecule has 0 aliphatic rings. The highest BCUT2D eigenvalue weighted by molar-refractivity contribution is 6.42. The van der Waals surface area contributed by atoms with E-state index in [0.717, 1.165) is 0 Å². The second kappa shape index (κ2) is 5.70. The van der Waals surface area contributed by atoms with Crippen molar-refractivity contribution in [2.75, 3.05) is 7.11 Å². The Morgan fingerprint density at radius 1 is 1.24 bits per heavy atom. The number of carbonyl (C=O) groups excluding carboxylic acids is 1. The number of aromatic nitrogens is 1. The quantitative estimate of drug-likeness (QED) is 0.748. The van der Waals surface area contributed by atoms with Crippen LogP contribution in [0.5, 0.6) is 0 Å². The van der Waals surface area contributed by atoms with E-state index >= 15 is 0 Å². The molecular formula is C15H15Cl2NO3. The molecule has 1 aromatic carbocycles. The Balaban J connectivity index is 2.58. The topological polar surface area (TPSA) is 52.3 Å². The van der Waals surface area contributed by atoms with Crippen LogP contribution >= 0.6 is 23.2 Å². The number of ether oxygens (including phenoxy) is 1. The van der Waals surface area contributed by atoms with Crippen molar-refractivity contribution >= 4 is 29.2 Å². The number of hydrogen-bond donors (Lipinski definition) is 0. The fourth-order valence-electron chi connectivity index (χ4n) is 1.81. The Bertz CT molecular complexity index is 687. The molecule has 0 amide bonds. The van der Waals surface area contributed by atoms with E-state index in [2.05, 4.69) is 4.98 Å². The first kappa shape index (κ1) is 15.9. The van der Waals surface area contributed by atoms with Crippen LogP contribution in [0.3, 0.4) is 0 Å². The Labute approximate surface area is 133 Å². The molecule has 0 saturated carbocycles. The number of carbonyl (C=O) groups is 1. The minimum Gasteiger partial charge on any atom is -0.463 e. The third-order valence-electron chi connectivity index (χ3n) is 2.87. The molecular weight excluding hydrogens is 313 g/mol. The third kappa shape index (κ3) is 3.22. The van der Waals surface area contributed by atoms with Gasteiger partial charge in [-0.05, 0) is 18.2 Å². The predicted octanol–water partition coefficient (Wildman–Crippen LogP) is 4.73. The molecule has 0 bridgehead atoms. The molecule has 21 heavy (non-hydrogen) atoms. The van der Waals surface area contributed by atoms with Gasteiger partial charge in [0.2, 0.25) is 11.7 Å². The Kier molecular flexibility index (Phi) is 4.30. The van der Waals surface area contributed by atoms with Gasteiger partial charge in [-0.15, -0.1) is 0 Å². The number of rotatable bonds is 2. The van der Waals surface area contributed by atoms with Gasteiger partial charge in [-0.25, -0.2) is 9.78 Å². The summed E-state index contributed by atoms with van der Waals surface area (Å²) in [7, 11) is 1.30. The summed E-state index contributed by atoms with van der Waals surface area (Å²) in [6, 6.07) is 5.02. The molecule has 0 spiro atoms. The van der Waals surface area contributed by atoms with Gasteiger partial charge in [-0.1, -0.05) is 44.0 Å². The van der Waals surface area contributed by atoms with E-state index in [9.17, 15) is 4.79 Å². The van der Waals surface area contributed by atoms with Crippen molar-refractivity contribution in [3.8, 4) is 11.5 Å². The maximum absolute atomic E-state index is 11.8. The highest BCUT2D eigenvalue weighted by atomic mass is 35.5. The van der Waals surface area contributed by atoms with Gasteiger partial charge in [0.05, 0.1) is 17.2 Å². The largest absolute Gasteiger partial charge is 0.463 e. The molecule has 0 fully saturated rings. The van der Waals surface area contributed by atoms with Crippen LogP contribution in [-0.2, 0) is 10.2 Å². The van der Waals surface area contributed by atoms with Gasteiger partial charge >= 0.3 is 5.97 Å². The number of esters is 1. The molecule has 0 aliphatic carbocycles. The smallest absolute Gasteiger partial charge is 0.376 e. The number of halogens is 2. The Morgan fingerprint density at radius 3 is 2.43 bits per heavy atom. The van der Waals surface area contributed by atoms with Crippen molar-refractivity contribution in [2.45, 2.75) is 26.2 Å². The van der Waals surface area contributed by atoms with Gasteiger partial charge < -0.3 is 9.15 Å². The molecule has 0 atom stereocenters. The molecule has 0 saturated heterocycles. The molecule has 2 rings (SSSR count). The van der Waals surface area contributed by atoms with Crippen LogP contribution in [0.15, 0.2) is 22.6 Å². The molecule has 2 aromatic rings. The summed E-state index contributed by atoms with van der Waals surface area (Å²) in [6.07, 6.45) is 0. The van der Waals surface area contributed by atoms with E-state index in [4.69, 9.17) is 32.4 Å².